The molecule has 1 aromatic rings. The first-order valence-corrected chi connectivity index (χ1v) is 7.23. The summed E-state index contributed by atoms with van der Waals surface area (Å²) in [5.74, 6) is -1.16. The Labute approximate surface area is 134 Å². The minimum absolute atomic E-state index is 0.213. The van der Waals surface area contributed by atoms with Gasteiger partial charge in [0.25, 0.3) is 5.91 Å². The summed E-state index contributed by atoms with van der Waals surface area (Å²) >= 11 is 5.87. The molecule has 0 saturated heterocycles. The van der Waals surface area contributed by atoms with Gasteiger partial charge in [0.05, 0.1) is 0 Å². The van der Waals surface area contributed by atoms with Crippen LogP contribution in [0, 0.1) is 0 Å². The SMILES string of the molecule is C/C=C/CC(NC(=O)C(C)(C)Oc1cccc(Cl)c1)C(=O)O. The van der Waals surface area contributed by atoms with Gasteiger partial charge in [0.15, 0.2) is 5.60 Å². The highest BCUT2D eigenvalue weighted by Crippen LogP contribution is 2.22. The van der Waals surface area contributed by atoms with E-state index in [1.807, 2.05) is 0 Å². The second-order valence-electron chi connectivity index (χ2n) is 5.24. The zero-order valence-corrected chi connectivity index (χ0v) is 13.6. The topological polar surface area (TPSA) is 75.6 Å². The molecule has 0 aliphatic carbocycles. The van der Waals surface area contributed by atoms with Crippen molar-refractivity contribution in [3.63, 3.8) is 0 Å². The number of carboxylic acid groups (broad SMARTS) is 1. The molecular formula is C16H20ClNO4. The fraction of sp³-hybridized carbons (Fsp3) is 0.375. The second kappa shape index (κ2) is 7.84. The number of allylic oxidation sites excluding steroid dienone is 1. The Hall–Kier alpha value is -2.01. The zero-order chi connectivity index (χ0) is 16.8. The van der Waals surface area contributed by atoms with Crippen molar-refractivity contribution in [3.05, 3.63) is 41.4 Å². The molecule has 0 bridgehead atoms. The molecule has 1 amide bonds. The first-order valence-electron chi connectivity index (χ1n) is 6.85. The molecular weight excluding hydrogens is 306 g/mol. The van der Waals surface area contributed by atoms with Crippen LogP contribution >= 0.6 is 11.6 Å². The van der Waals surface area contributed by atoms with Crippen molar-refractivity contribution < 1.29 is 19.4 Å². The summed E-state index contributed by atoms with van der Waals surface area (Å²) in [6, 6.07) is 5.67. The molecule has 0 fully saturated rings. The van der Waals surface area contributed by atoms with Crippen molar-refractivity contribution in [2.24, 2.45) is 0 Å². The number of carbonyl (C=O) groups is 2. The van der Waals surface area contributed by atoms with E-state index < -0.39 is 23.5 Å². The molecule has 6 heteroatoms. The Bertz CT molecular complexity index is 569. The lowest BCUT2D eigenvalue weighted by Crippen LogP contribution is -2.52. The maximum absolute atomic E-state index is 12.3. The van der Waals surface area contributed by atoms with E-state index in [0.29, 0.717) is 10.8 Å². The molecule has 22 heavy (non-hydrogen) atoms. The van der Waals surface area contributed by atoms with Crippen molar-refractivity contribution in [2.75, 3.05) is 0 Å². The summed E-state index contributed by atoms with van der Waals surface area (Å²) in [5, 5.41) is 12.1. The largest absolute Gasteiger partial charge is 0.480 e. The summed E-state index contributed by atoms with van der Waals surface area (Å²) in [6.45, 7) is 4.92. The molecule has 1 aromatic carbocycles. The molecule has 0 heterocycles. The van der Waals surface area contributed by atoms with Crippen molar-refractivity contribution in [2.45, 2.75) is 38.8 Å². The van der Waals surface area contributed by atoms with Crippen LogP contribution in [0.4, 0.5) is 0 Å². The highest BCUT2D eigenvalue weighted by molar-refractivity contribution is 6.30. The molecule has 0 aliphatic rings. The standard InChI is InChI=1S/C16H20ClNO4/c1-4-5-9-13(14(19)20)18-15(21)16(2,3)22-12-8-6-7-11(17)10-12/h4-8,10,13H,9H2,1-3H3,(H,18,21)(H,19,20)/b5-4+. The predicted molar refractivity (Wildman–Crippen MR) is 85.2 cm³/mol. The first-order chi connectivity index (χ1) is 10.3. The summed E-state index contributed by atoms with van der Waals surface area (Å²) in [5.41, 5.74) is -1.23. The van der Waals surface area contributed by atoms with Crippen LogP contribution in [0.1, 0.15) is 27.2 Å². The summed E-state index contributed by atoms with van der Waals surface area (Å²) in [4.78, 5) is 23.4. The van der Waals surface area contributed by atoms with Gasteiger partial charge in [-0.1, -0.05) is 29.8 Å². The van der Waals surface area contributed by atoms with Crippen LogP contribution < -0.4 is 10.1 Å². The Balaban J connectivity index is 2.78. The van der Waals surface area contributed by atoms with E-state index in [9.17, 15) is 9.59 Å². The van der Waals surface area contributed by atoms with E-state index >= 15 is 0 Å². The highest BCUT2D eigenvalue weighted by Gasteiger charge is 2.33. The fourth-order valence-corrected chi connectivity index (χ4v) is 1.88. The highest BCUT2D eigenvalue weighted by atomic mass is 35.5. The van der Waals surface area contributed by atoms with Crippen LogP contribution in [0.25, 0.3) is 0 Å². The van der Waals surface area contributed by atoms with Gasteiger partial charge in [-0.2, -0.15) is 0 Å². The van der Waals surface area contributed by atoms with Gasteiger partial charge in [-0.05, 0) is 45.4 Å². The van der Waals surface area contributed by atoms with Crippen molar-refractivity contribution in [1.29, 1.82) is 0 Å². The van der Waals surface area contributed by atoms with E-state index in [2.05, 4.69) is 5.32 Å². The average molecular weight is 326 g/mol. The number of amides is 1. The van der Waals surface area contributed by atoms with Crippen molar-refractivity contribution in [3.8, 4) is 5.75 Å². The van der Waals surface area contributed by atoms with Gasteiger partial charge >= 0.3 is 5.97 Å². The number of ether oxygens (including phenoxy) is 1. The minimum atomic E-state index is -1.23. The third-order valence-electron chi connectivity index (χ3n) is 2.93. The van der Waals surface area contributed by atoms with Crippen LogP contribution in [-0.4, -0.2) is 28.6 Å². The van der Waals surface area contributed by atoms with Crippen molar-refractivity contribution in [1.82, 2.24) is 5.32 Å². The normalized spacial score (nSPS) is 12.9. The van der Waals surface area contributed by atoms with Crippen LogP contribution in [0.15, 0.2) is 36.4 Å². The van der Waals surface area contributed by atoms with Gasteiger partial charge in [0, 0.05) is 5.02 Å². The van der Waals surface area contributed by atoms with E-state index in [0.717, 1.165) is 0 Å². The minimum Gasteiger partial charge on any atom is -0.480 e. The third-order valence-corrected chi connectivity index (χ3v) is 3.16. The Kier molecular flexibility index (Phi) is 6.43. The molecule has 2 N–H and O–H groups in total. The third kappa shape index (κ3) is 5.41. The van der Waals surface area contributed by atoms with Crippen molar-refractivity contribution >= 4 is 23.5 Å². The molecule has 0 radical (unpaired) electrons. The maximum atomic E-state index is 12.3. The molecule has 0 spiro atoms. The molecule has 0 saturated carbocycles. The number of nitrogens with one attached hydrogen (secondary N) is 1. The van der Waals surface area contributed by atoms with E-state index in [4.69, 9.17) is 21.4 Å². The number of benzene rings is 1. The van der Waals surface area contributed by atoms with E-state index in [1.54, 1.807) is 57.2 Å². The molecule has 0 aliphatic heterocycles. The van der Waals surface area contributed by atoms with Crippen LogP contribution in [-0.2, 0) is 9.59 Å². The number of hydrogen-bond donors (Lipinski definition) is 2. The monoisotopic (exact) mass is 325 g/mol. The van der Waals surface area contributed by atoms with Crippen LogP contribution in [0.2, 0.25) is 5.02 Å². The number of hydrogen-bond acceptors (Lipinski definition) is 3. The van der Waals surface area contributed by atoms with Crippen LogP contribution in [0.5, 0.6) is 5.75 Å². The van der Waals surface area contributed by atoms with E-state index in [1.165, 1.54) is 0 Å². The number of carbonyl (C=O) groups excluding carboxylic acids is 1. The Morgan fingerprint density at radius 2 is 2.14 bits per heavy atom. The maximum Gasteiger partial charge on any atom is 0.326 e. The molecule has 1 rings (SSSR count). The average Bonchev–Trinajstić information content (AvgIpc) is 2.42. The number of rotatable bonds is 7. The second-order valence-corrected chi connectivity index (χ2v) is 5.68. The smallest absolute Gasteiger partial charge is 0.326 e. The number of halogens is 1. The Morgan fingerprint density at radius 3 is 2.68 bits per heavy atom. The quantitative estimate of drug-likeness (QED) is 0.755. The van der Waals surface area contributed by atoms with Gasteiger partial charge in [-0.15, -0.1) is 0 Å². The number of carboxylic acids is 1. The molecule has 5 nitrogen and oxygen atoms in total. The predicted octanol–water partition coefficient (Wildman–Crippen LogP) is 3.03. The summed E-state index contributed by atoms with van der Waals surface area (Å²) in [7, 11) is 0. The molecule has 1 atom stereocenters. The van der Waals surface area contributed by atoms with E-state index in [-0.39, 0.29) is 6.42 Å². The van der Waals surface area contributed by atoms with Gasteiger partial charge in [-0.3, -0.25) is 4.79 Å². The molecule has 120 valence electrons. The lowest BCUT2D eigenvalue weighted by molar-refractivity contribution is -0.144. The van der Waals surface area contributed by atoms with Gasteiger partial charge in [0.2, 0.25) is 0 Å². The zero-order valence-electron chi connectivity index (χ0n) is 12.8. The molecule has 1 unspecified atom stereocenters. The van der Waals surface area contributed by atoms with Gasteiger partial charge in [0.1, 0.15) is 11.8 Å². The lowest BCUT2D eigenvalue weighted by Gasteiger charge is -2.27. The molecule has 0 aromatic heterocycles. The van der Waals surface area contributed by atoms with Gasteiger partial charge < -0.3 is 15.2 Å². The lowest BCUT2D eigenvalue weighted by atomic mass is 10.1. The summed E-state index contributed by atoms with van der Waals surface area (Å²) in [6.07, 6.45) is 3.63. The van der Waals surface area contributed by atoms with Gasteiger partial charge in [-0.25, -0.2) is 4.79 Å². The summed E-state index contributed by atoms with van der Waals surface area (Å²) < 4.78 is 5.62. The Morgan fingerprint density at radius 1 is 1.45 bits per heavy atom. The number of aliphatic carboxylic acids is 1. The first kappa shape index (κ1) is 18.0. The fourth-order valence-electron chi connectivity index (χ4n) is 1.70. The van der Waals surface area contributed by atoms with Crippen LogP contribution in [0.3, 0.4) is 0 Å².